The van der Waals surface area contributed by atoms with E-state index in [0.29, 0.717) is 12.0 Å². The lowest BCUT2D eigenvalue weighted by Crippen LogP contribution is -2.45. The molecule has 1 aliphatic rings. The van der Waals surface area contributed by atoms with Crippen LogP contribution >= 0.6 is 0 Å². The summed E-state index contributed by atoms with van der Waals surface area (Å²) in [5.74, 6) is 2.28. The summed E-state index contributed by atoms with van der Waals surface area (Å²) in [6.07, 6.45) is 3.65. The van der Waals surface area contributed by atoms with Gasteiger partial charge in [-0.2, -0.15) is 0 Å². The minimum Gasteiger partial charge on any atom is -0.496 e. The van der Waals surface area contributed by atoms with Crippen molar-refractivity contribution in [3.63, 3.8) is 0 Å². The first kappa shape index (κ1) is 14.4. The van der Waals surface area contributed by atoms with Crippen molar-refractivity contribution in [3.05, 3.63) is 29.8 Å². The van der Waals surface area contributed by atoms with E-state index in [9.17, 15) is 0 Å². The van der Waals surface area contributed by atoms with E-state index in [1.807, 2.05) is 12.1 Å². The highest BCUT2D eigenvalue weighted by molar-refractivity contribution is 5.39. The lowest BCUT2D eigenvalue weighted by atomic mass is 9.63. The minimum atomic E-state index is 0.0617. The van der Waals surface area contributed by atoms with Crippen molar-refractivity contribution >= 4 is 0 Å². The number of benzene rings is 1. The molecule has 1 aromatic carbocycles. The van der Waals surface area contributed by atoms with E-state index in [1.165, 1.54) is 18.4 Å². The van der Waals surface area contributed by atoms with Crippen LogP contribution in [-0.2, 0) is 5.41 Å². The molecule has 1 aliphatic carbocycles. The van der Waals surface area contributed by atoms with Gasteiger partial charge in [0.2, 0.25) is 0 Å². The van der Waals surface area contributed by atoms with Crippen molar-refractivity contribution in [1.29, 1.82) is 0 Å². The summed E-state index contributed by atoms with van der Waals surface area (Å²) in [6, 6.07) is 8.65. The molecule has 2 nitrogen and oxygen atoms in total. The van der Waals surface area contributed by atoms with Gasteiger partial charge in [-0.15, -0.1) is 0 Å². The number of nitrogens with two attached hydrogens (primary N) is 1. The molecule has 0 radical (unpaired) electrons. The third kappa shape index (κ3) is 2.79. The van der Waals surface area contributed by atoms with Gasteiger partial charge in [0.1, 0.15) is 5.75 Å². The fourth-order valence-electron chi connectivity index (χ4n) is 3.70. The van der Waals surface area contributed by atoms with Gasteiger partial charge in [0.05, 0.1) is 7.11 Å². The van der Waals surface area contributed by atoms with E-state index >= 15 is 0 Å². The van der Waals surface area contributed by atoms with Crippen LogP contribution in [0.5, 0.6) is 5.75 Å². The van der Waals surface area contributed by atoms with Crippen molar-refractivity contribution < 1.29 is 4.74 Å². The van der Waals surface area contributed by atoms with Gasteiger partial charge in [0, 0.05) is 11.6 Å². The Balaban J connectivity index is 2.31. The van der Waals surface area contributed by atoms with Gasteiger partial charge in [-0.05, 0) is 36.2 Å². The molecule has 2 N–H and O–H groups in total. The maximum Gasteiger partial charge on any atom is 0.122 e. The number of ether oxygens (including phenoxy) is 1. The first-order chi connectivity index (χ1) is 8.96. The van der Waals surface area contributed by atoms with Gasteiger partial charge in [0.25, 0.3) is 0 Å². The van der Waals surface area contributed by atoms with E-state index in [4.69, 9.17) is 10.5 Å². The minimum absolute atomic E-state index is 0.0617. The largest absolute Gasteiger partial charge is 0.496 e. The van der Waals surface area contributed by atoms with Crippen LogP contribution in [0.4, 0.5) is 0 Å². The third-order valence-electron chi connectivity index (χ3n) is 4.89. The first-order valence-corrected chi connectivity index (χ1v) is 7.36. The average Bonchev–Trinajstić information content (AvgIpc) is 2.38. The van der Waals surface area contributed by atoms with Crippen LogP contribution < -0.4 is 10.5 Å². The van der Waals surface area contributed by atoms with Crippen LogP contribution in [0.25, 0.3) is 0 Å². The Hall–Kier alpha value is -1.02. The molecule has 0 heterocycles. The Labute approximate surface area is 117 Å². The van der Waals surface area contributed by atoms with Crippen LogP contribution in [0, 0.1) is 11.8 Å². The molecule has 2 rings (SSSR count). The summed E-state index contributed by atoms with van der Waals surface area (Å²) < 4.78 is 5.54. The van der Waals surface area contributed by atoms with Crippen molar-refractivity contribution in [2.45, 2.75) is 51.5 Å². The van der Waals surface area contributed by atoms with Gasteiger partial charge in [-0.3, -0.25) is 0 Å². The molecule has 3 unspecified atom stereocenters. The molecule has 3 atom stereocenters. The molecule has 1 saturated carbocycles. The van der Waals surface area contributed by atoms with E-state index in [1.54, 1.807) is 7.11 Å². The summed E-state index contributed by atoms with van der Waals surface area (Å²) in [4.78, 5) is 0. The lowest BCUT2D eigenvalue weighted by molar-refractivity contribution is 0.168. The predicted octanol–water partition coefficient (Wildman–Crippen LogP) is 3.74. The second-order valence-electron chi connectivity index (χ2n) is 6.61. The fourth-order valence-corrected chi connectivity index (χ4v) is 3.70. The summed E-state index contributed by atoms with van der Waals surface area (Å²) >= 11 is 0. The molecule has 2 heteroatoms. The van der Waals surface area contributed by atoms with Crippen molar-refractivity contribution in [2.75, 3.05) is 7.11 Å². The first-order valence-electron chi connectivity index (χ1n) is 7.36. The standard InChI is InChI=1S/C17H27NO/c1-12-9-10-13(15(18)11-12)17(2,3)14-7-5-6-8-16(14)19-4/h5-8,12-13,15H,9-11,18H2,1-4H3. The average molecular weight is 261 g/mol. The van der Waals surface area contributed by atoms with Crippen LogP contribution in [0.3, 0.4) is 0 Å². The molecule has 0 bridgehead atoms. The fraction of sp³-hybridized carbons (Fsp3) is 0.647. The zero-order valence-corrected chi connectivity index (χ0v) is 12.6. The molecule has 0 aromatic heterocycles. The van der Waals surface area contributed by atoms with Gasteiger partial charge in [-0.25, -0.2) is 0 Å². The zero-order chi connectivity index (χ0) is 14.0. The number of rotatable bonds is 3. The Bertz CT molecular complexity index is 427. The SMILES string of the molecule is COc1ccccc1C(C)(C)C1CCC(C)CC1N. The van der Waals surface area contributed by atoms with E-state index in [0.717, 1.165) is 18.1 Å². The van der Waals surface area contributed by atoms with E-state index in [2.05, 4.69) is 32.9 Å². The maximum atomic E-state index is 6.44. The molecular formula is C17H27NO. The van der Waals surface area contributed by atoms with Gasteiger partial charge >= 0.3 is 0 Å². The number of methoxy groups -OCH3 is 1. The summed E-state index contributed by atoms with van der Waals surface area (Å²) in [6.45, 7) is 6.93. The third-order valence-corrected chi connectivity index (χ3v) is 4.89. The van der Waals surface area contributed by atoms with Crippen LogP contribution in [-0.4, -0.2) is 13.2 Å². The van der Waals surface area contributed by atoms with E-state index < -0.39 is 0 Å². The summed E-state index contributed by atoms with van der Waals surface area (Å²) in [7, 11) is 1.75. The second kappa shape index (κ2) is 5.54. The Morgan fingerprint density at radius 3 is 2.53 bits per heavy atom. The molecule has 1 fully saturated rings. The summed E-state index contributed by atoms with van der Waals surface area (Å²) in [5, 5.41) is 0. The molecule has 1 aromatic rings. The second-order valence-corrected chi connectivity index (χ2v) is 6.61. The van der Waals surface area contributed by atoms with Crippen molar-refractivity contribution in [2.24, 2.45) is 17.6 Å². The topological polar surface area (TPSA) is 35.2 Å². The highest BCUT2D eigenvalue weighted by Gasteiger charge is 2.39. The highest BCUT2D eigenvalue weighted by Crippen LogP contribution is 2.44. The molecule has 0 saturated heterocycles. The molecule has 19 heavy (non-hydrogen) atoms. The number of hydrogen-bond donors (Lipinski definition) is 1. The monoisotopic (exact) mass is 261 g/mol. The van der Waals surface area contributed by atoms with Crippen LogP contribution in [0.1, 0.15) is 45.6 Å². The quantitative estimate of drug-likeness (QED) is 0.899. The lowest BCUT2D eigenvalue weighted by Gasteiger charge is -2.43. The maximum absolute atomic E-state index is 6.44. The van der Waals surface area contributed by atoms with Gasteiger partial charge < -0.3 is 10.5 Å². The molecule has 0 amide bonds. The molecule has 0 aliphatic heterocycles. The normalized spacial score (nSPS) is 28.2. The van der Waals surface area contributed by atoms with Gasteiger partial charge in [-0.1, -0.05) is 45.4 Å². The summed E-state index contributed by atoms with van der Waals surface area (Å²) in [5.41, 5.74) is 7.79. The number of hydrogen-bond acceptors (Lipinski definition) is 2. The predicted molar refractivity (Wildman–Crippen MR) is 80.5 cm³/mol. The van der Waals surface area contributed by atoms with Gasteiger partial charge in [0.15, 0.2) is 0 Å². The molecule has 106 valence electrons. The smallest absolute Gasteiger partial charge is 0.122 e. The molecular weight excluding hydrogens is 234 g/mol. The highest BCUT2D eigenvalue weighted by atomic mass is 16.5. The number of para-hydroxylation sites is 1. The molecule has 0 spiro atoms. The Morgan fingerprint density at radius 2 is 1.89 bits per heavy atom. The van der Waals surface area contributed by atoms with Crippen LogP contribution in [0.15, 0.2) is 24.3 Å². The van der Waals surface area contributed by atoms with E-state index in [-0.39, 0.29) is 5.41 Å². The zero-order valence-electron chi connectivity index (χ0n) is 12.6. The Kier molecular flexibility index (Phi) is 4.19. The van der Waals surface area contributed by atoms with Crippen molar-refractivity contribution in [3.8, 4) is 5.75 Å². The Morgan fingerprint density at radius 1 is 1.21 bits per heavy atom. The van der Waals surface area contributed by atoms with Crippen molar-refractivity contribution in [1.82, 2.24) is 0 Å². The van der Waals surface area contributed by atoms with Crippen LogP contribution in [0.2, 0.25) is 0 Å².